The van der Waals surface area contributed by atoms with Gasteiger partial charge >= 0.3 is 6.09 Å². The number of hydrogen-bond donors (Lipinski definition) is 1. The first-order valence-electron chi connectivity index (χ1n) is 11.1. The third-order valence-corrected chi connectivity index (χ3v) is 5.56. The summed E-state index contributed by atoms with van der Waals surface area (Å²) in [5.41, 5.74) is 6.08. The number of methoxy groups -OCH3 is 1. The zero-order valence-electron chi connectivity index (χ0n) is 21.0. The van der Waals surface area contributed by atoms with E-state index in [-0.39, 0.29) is 29.5 Å². The van der Waals surface area contributed by atoms with Crippen LogP contribution < -0.4 is 15.4 Å². The normalized spacial score (nSPS) is 16.1. The van der Waals surface area contributed by atoms with Gasteiger partial charge in [-0.15, -0.1) is 0 Å². The molecule has 1 unspecified atom stereocenters. The highest BCUT2D eigenvalue weighted by Gasteiger charge is 2.38. The second-order valence-corrected chi connectivity index (χ2v) is 9.02. The molecule has 1 aliphatic heterocycles. The number of amides is 2. The van der Waals surface area contributed by atoms with Crippen LogP contribution >= 0.6 is 11.6 Å². The summed E-state index contributed by atoms with van der Waals surface area (Å²) in [7, 11) is 1.40. The first kappa shape index (κ1) is 27.4. The molecule has 0 aliphatic carbocycles. The summed E-state index contributed by atoms with van der Waals surface area (Å²) in [6, 6.07) is -0.965. The average Bonchev–Trinajstić information content (AvgIpc) is 2.77. The Labute approximate surface area is 204 Å². The smallest absolute Gasteiger partial charge is 0.411 e. The Morgan fingerprint density at radius 2 is 1.76 bits per heavy atom. The summed E-state index contributed by atoms with van der Waals surface area (Å²) in [5.74, 6) is -0.876. The number of halogens is 2. The number of hydrogen-bond acceptors (Lipinski definition) is 7. The Morgan fingerprint density at radius 1 is 1.15 bits per heavy atom. The van der Waals surface area contributed by atoms with E-state index < -0.39 is 29.5 Å². The molecule has 0 radical (unpaired) electrons. The molecule has 11 heteroatoms. The molecule has 188 valence electrons. The fourth-order valence-electron chi connectivity index (χ4n) is 3.69. The summed E-state index contributed by atoms with van der Waals surface area (Å²) in [5, 5.41) is 0.278. The van der Waals surface area contributed by atoms with Crippen molar-refractivity contribution in [3.8, 4) is 5.88 Å². The number of nitrogens with zero attached hydrogens (tertiary/aromatic N) is 4. The number of ether oxygens (including phenoxy) is 2. The molecule has 2 amide bonds. The SMILES string of the molecule is CC.COc1nc(Cl)c(F)c2c(C)c(C)nc(N3CCN(C(=O)OC(C)(C)C)C(C(N)=O)C3)c12. The maximum absolute atomic E-state index is 15.0. The molecule has 1 saturated heterocycles. The van der Waals surface area contributed by atoms with Crippen molar-refractivity contribution in [1.29, 1.82) is 0 Å². The van der Waals surface area contributed by atoms with Crippen LogP contribution in [0.5, 0.6) is 5.88 Å². The first-order valence-corrected chi connectivity index (χ1v) is 11.5. The van der Waals surface area contributed by atoms with Crippen LogP contribution in [0.2, 0.25) is 5.15 Å². The molecular weight excluding hydrogens is 465 g/mol. The lowest BCUT2D eigenvalue weighted by atomic mass is 10.0. The summed E-state index contributed by atoms with van der Waals surface area (Å²) < 4.78 is 25.8. The molecule has 3 heterocycles. The molecule has 2 aromatic heterocycles. The van der Waals surface area contributed by atoms with Gasteiger partial charge in [0.05, 0.1) is 12.5 Å². The molecule has 1 fully saturated rings. The van der Waals surface area contributed by atoms with Crippen molar-refractivity contribution < 1.29 is 23.5 Å². The average molecular weight is 498 g/mol. The lowest BCUT2D eigenvalue weighted by Gasteiger charge is -2.41. The van der Waals surface area contributed by atoms with E-state index in [1.165, 1.54) is 12.0 Å². The van der Waals surface area contributed by atoms with Gasteiger partial charge in [-0.3, -0.25) is 9.69 Å². The van der Waals surface area contributed by atoms with Crippen LogP contribution in [0.4, 0.5) is 15.0 Å². The van der Waals surface area contributed by atoms with E-state index >= 15 is 0 Å². The van der Waals surface area contributed by atoms with E-state index in [1.54, 1.807) is 39.5 Å². The minimum absolute atomic E-state index is 0.0482. The largest absolute Gasteiger partial charge is 0.480 e. The van der Waals surface area contributed by atoms with Crippen LogP contribution in [0.25, 0.3) is 10.8 Å². The Kier molecular flexibility index (Phi) is 8.52. The number of fused-ring (bicyclic) bond motifs is 1. The number of carbonyl (C=O) groups excluding carboxylic acids is 2. The van der Waals surface area contributed by atoms with Crippen LogP contribution in [0, 0.1) is 19.7 Å². The van der Waals surface area contributed by atoms with Gasteiger partial charge in [0.15, 0.2) is 11.0 Å². The summed E-state index contributed by atoms with van der Waals surface area (Å²) in [6.45, 7) is 13.2. The van der Waals surface area contributed by atoms with Crippen molar-refractivity contribution in [1.82, 2.24) is 14.9 Å². The molecular formula is C23H33ClFN5O4. The Bertz CT molecular complexity index is 1080. The van der Waals surface area contributed by atoms with E-state index in [2.05, 4.69) is 9.97 Å². The number of aromatic nitrogens is 2. The zero-order valence-corrected chi connectivity index (χ0v) is 21.7. The highest BCUT2D eigenvalue weighted by molar-refractivity contribution is 6.30. The van der Waals surface area contributed by atoms with E-state index in [1.807, 2.05) is 13.8 Å². The quantitative estimate of drug-likeness (QED) is 0.638. The van der Waals surface area contributed by atoms with Crippen LogP contribution in [0.3, 0.4) is 0 Å². The molecule has 9 nitrogen and oxygen atoms in total. The molecule has 34 heavy (non-hydrogen) atoms. The topological polar surface area (TPSA) is 111 Å². The first-order chi connectivity index (χ1) is 15.9. The molecule has 1 atom stereocenters. The molecule has 1 aliphatic rings. The van der Waals surface area contributed by atoms with Gasteiger partial charge in [0.1, 0.15) is 17.5 Å². The van der Waals surface area contributed by atoms with E-state index in [4.69, 9.17) is 26.8 Å². The summed E-state index contributed by atoms with van der Waals surface area (Å²) in [4.78, 5) is 36.6. The number of piperazine rings is 1. The number of carbonyl (C=O) groups is 2. The van der Waals surface area contributed by atoms with Crippen molar-refractivity contribution >= 4 is 40.2 Å². The maximum Gasteiger partial charge on any atom is 0.411 e. The second kappa shape index (κ2) is 10.6. The van der Waals surface area contributed by atoms with Gasteiger partial charge < -0.3 is 20.1 Å². The van der Waals surface area contributed by atoms with E-state index in [0.29, 0.717) is 29.0 Å². The zero-order chi connectivity index (χ0) is 26.0. The molecule has 0 aromatic carbocycles. The third kappa shape index (κ3) is 5.43. The third-order valence-electron chi connectivity index (χ3n) is 5.31. The number of anilines is 1. The van der Waals surface area contributed by atoms with Crippen LogP contribution in [-0.4, -0.2) is 65.3 Å². The van der Waals surface area contributed by atoms with Crippen molar-refractivity contribution in [2.75, 3.05) is 31.6 Å². The van der Waals surface area contributed by atoms with Gasteiger partial charge in [-0.2, -0.15) is 4.98 Å². The summed E-state index contributed by atoms with van der Waals surface area (Å²) >= 11 is 5.99. The van der Waals surface area contributed by atoms with Gasteiger partial charge in [0, 0.05) is 30.7 Å². The van der Waals surface area contributed by atoms with Gasteiger partial charge in [-0.1, -0.05) is 25.4 Å². The molecule has 0 spiro atoms. The lowest BCUT2D eigenvalue weighted by molar-refractivity contribution is -0.123. The van der Waals surface area contributed by atoms with Crippen LogP contribution in [-0.2, 0) is 9.53 Å². The van der Waals surface area contributed by atoms with E-state index in [0.717, 1.165) is 0 Å². The highest BCUT2D eigenvalue weighted by atomic mass is 35.5. The minimum Gasteiger partial charge on any atom is -0.480 e. The second-order valence-electron chi connectivity index (χ2n) is 8.66. The fraction of sp³-hybridized carbons (Fsp3) is 0.565. The monoisotopic (exact) mass is 497 g/mol. The Morgan fingerprint density at radius 3 is 2.29 bits per heavy atom. The number of aryl methyl sites for hydroxylation is 2. The molecule has 2 N–H and O–H groups in total. The summed E-state index contributed by atoms with van der Waals surface area (Å²) in [6.07, 6.45) is -0.629. The number of pyridine rings is 2. The molecule has 0 saturated carbocycles. The number of rotatable bonds is 3. The molecule has 2 aromatic rings. The van der Waals surface area contributed by atoms with Crippen molar-refractivity contribution in [2.24, 2.45) is 5.73 Å². The minimum atomic E-state index is -0.965. The van der Waals surface area contributed by atoms with Crippen LogP contribution in [0.1, 0.15) is 45.9 Å². The number of nitrogens with two attached hydrogens (primary N) is 1. The predicted molar refractivity (Wildman–Crippen MR) is 130 cm³/mol. The van der Waals surface area contributed by atoms with Crippen molar-refractivity contribution in [3.63, 3.8) is 0 Å². The lowest BCUT2D eigenvalue weighted by Crippen LogP contribution is -2.60. The van der Waals surface area contributed by atoms with Gasteiger partial charge in [-0.05, 0) is 40.2 Å². The van der Waals surface area contributed by atoms with Crippen molar-refractivity contribution in [3.05, 3.63) is 22.2 Å². The molecule has 3 rings (SSSR count). The van der Waals surface area contributed by atoms with Gasteiger partial charge in [0.25, 0.3) is 0 Å². The predicted octanol–water partition coefficient (Wildman–Crippen LogP) is 3.98. The van der Waals surface area contributed by atoms with Gasteiger partial charge in [-0.25, -0.2) is 14.2 Å². The Balaban J connectivity index is 0.00000199. The fourth-order valence-corrected chi connectivity index (χ4v) is 3.86. The molecule has 0 bridgehead atoms. The number of primary amides is 1. The van der Waals surface area contributed by atoms with Crippen molar-refractivity contribution in [2.45, 2.75) is 60.1 Å². The maximum atomic E-state index is 15.0. The van der Waals surface area contributed by atoms with Gasteiger partial charge in [0.2, 0.25) is 11.8 Å². The Hall–Kier alpha value is -2.88. The standard InChI is InChI=1S/C21H27ClFN5O4.C2H6/c1-10-11(2)25-18(14-13(10)15(23)16(22)26-19(14)31-6)27-7-8-28(12(9-27)17(24)29)20(30)32-21(3,4)5;1-2/h12H,7-9H2,1-6H3,(H2,24,29);1-2H3. The van der Waals surface area contributed by atoms with E-state index in [9.17, 15) is 14.0 Å². The van der Waals surface area contributed by atoms with Crippen LogP contribution in [0.15, 0.2) is 0 Å². The highest BCUT2D eigenvalue weighted by Crippen LogP contribution is 2.39.